The molecule has 2 heterocycles. The first-order valence-electron chi connectivity index (χ1n) is 9.97. The molecule has 158 valence electrons. The summed E-state index contributed by atoms with van der Waals surface area (Å²) in [6.07, 6.45) is 0.353. The largest absolute Gasteiger partial charge is 0.340 e. The van der Waals surface area contributed by atoms with Gasteiger partial charge in [0.05, 0.1) is 16.6 Å². The lowest BCUT2D eigenvalue weighted by molar-refractivity contribution is -0.133. The average Bonchev–Trinajstić information content (AvgIpc) is 3.02. The summed E-state index contributed by atoms with van der Waals surface area (Å²) >= 11 is 0. The Kier molecular flexibility index (Phi) is 6.14. The normalized spacial score (nSPS) is 16.8. The zero-order chi connectivity index (χ0) is 21.3. The van der Waals surface area contributed by atoms with Gasteiger partial charge in [0.1, 0.15) is 0 Å². The number of sulfonamides is 1. The summed E-state index contributed by atoms with van der Waals surface area (Å²) in [5, 5.41) is 4.46. The first kappa shape index (κ1) is 21.5. The third kappa shape index (κ3) is 4.53. The number of aryl methyl sites for hydroxylation is 4. The van der Waals surface area contributed by atoms with Crippen LogP contribution in [0.3, 0.4) is 0 Å². The summed E-state index contributed by atoms with van der Waals surface area (Å²) in [6.45, 7) is 11.2. The first-order chi connectivity index (χ1) is 13.6. The van der Waals surface area contributed by atoms with Crippen LogP contribution in [0.1, 0.15) is 41.9 Å². The third-order valence-corrected chi connectivity index (χ3v) is 7.53. The zero-order valence-electron chi connectivity index (χ0n) is 17.8. The van der Waals surface area contributed by atoms with Crippen LogP contribution < -0.4 is 0 Å². The van der Waals surface area contributed by atoms with E-state index in [-0.39, 0.29) is 11.9 Å². The van der Waals surface area contributed by atoms with Crippen LogP contribution in [0.15, 0.2) is 29.2 Å². The summed E-state index contributed by atoms with van der Waals surface area (Å²) in [7, 11) is -3.54. The second-order valence-corrected chi connectivity index (χ2v) is 9.89. The molecule has 0 aliphatic carbocycles. The van der Waals surface area contributed by atoms with Crippen molar-refractivity contribution in [1.29, 1.82) is 0 Å². The Morgan fingerprint density at radius 1 is 1.03 bits per heavy atom. The second kappa shape index (κ2) is 8.28. The maximum absolute atomic E-state index is 12.9. The number of piperazine rings is 1. The van der Waals surface area contributed by atoms with E-state index in [1.54, 1.807) is 17.0 Å². The summed E-state index contributed by atoms with van der Waals surface area (Å²) in [4.78, 5) is 14.8. The van der Waals surface area contributed by atoms with E-state index in [0.717, 1.165) is 22.5 Å². The van der Waals surface area contributed by atoms with E-state index in [9.17, 15) is 13.2 Å². The number of hydrogen-bond donors (Lipinski definition) is 0. The van der Waals surface area contributed by atoms with Gasteiger partial charge in [-0.25, -0.2) is 8.42 Å². The standard InChI is InChI=1S/C21H30N4O3S/c1-15-6-7-20(12-16(15)2)29(27,28)24-10-8-23(9-11-24)21(26)14-19(5)25-18(4)13-17(3)22-25/h6-7,12-13,19H,8-11,14H2,1-5H3/t19-/m0/s1. The van der Waals surface area contributed by atoms with Gasteiger partial charge in [0.15, 0.2) is 0 Å². The molecule has 1 aromatic heterocycles. The van der Waals surface area contributed by atoms with Gasteiger partial charge < -0.3 is 4.90 Å². The van der Waals surface area contributed by atoms with Crippen LogP contribution in [0.25, 0.3) is 0 Å². The summed E-state index contributed by atoms with van der Waals surface area (Å²) in [6, 6.07) is 7.18. The van der Waals surface area contributed by atoms with Crippen molar-refractivity contribution in [2.24, 2.45) is 0 Å². The minimum absolute atomic E-state index is 0.0338. The molecule has 0 bridgehead atoms. The highest BCUT2D eigenvalue weighted by Gasteiger charge is 2.30. The topological polar surface area (TPSA) is 75.5 Å². The zero-order valence-corrected chi connectivity index (χ0v) is 18.7. The minimum Gasteiger partial charge on any atom is -0.340 e. The van der Waals surface area contributed by atoms with Crippen molar-refractivity contribution >= 4 is 15.9 Å². The van der Waals surface area contributed by atoms with Crippen molar-refractivity contribution in [1.82, 2.24) is 19.0 Å². The van der Waals surface area contributed by atoms with E-state index in [4.69, 9.17) is 0 Å². The Balaban J connectivity index is 1.61. The molecule has 0 radical (unpaired) electrons. The van der Waals surface area contributed by atoms with Crippen LogP contribution >= 0.6 is 0 Å². The predicted octanol–water partition coefficient (Wildman–Crippen LogP) is 2.60. The van der Waals surface area contributed by atoms with Crippen LogP contribution in [0.2, 0.25) is 0 Å². The third-order valence-electron chi connectivity index (χ3n) is 5.64. The highest BCUT2D eigenvalue weighted by molar-refractivity contribution is 7.89. The van der Waals surface area contributed by atoms with Gasteiger partial charge in [-0.3, -0.25) is 9.48 Å². The number of aromatic nitrogens is 2. The van der Waals surface area contributed by atoms with E-state index >= 15 is 0 Å². The molecule has 0 unspecified atom stereocenters. The highest BCUT2D eigenvalue weighted by atomic mass is 32.2. The summed E-state index contributed by atoms with van der Waals surface area (Å²) in [5.74, 6) is 0.0354. The summed E-state index contributed by atoms with van der Waals surface area (Å²) < 4.78 is 29.2. The number of benzene rings is 1. The van der Waals surface area contributed by atoms with E-state index in [2.05, 4.69) is 5.10 Å². The van der Waals surface area contributed by atoms with Gasteiger partial charge in [0.2, 0.25) is 15.9 Å². The molecule has 1 fully saturated rings. The molecule has 0 N–H and O–H groups in total. The fourth-order valence-electron chi connectivity index (χ4n) is 3.76. The van der Waals surface area contributed by atoms with Crippen molar-refractivity contribution in [3.8, 4) is 0 Å². The highest BCUT2D eigenvalue weighted by Crippen LogP contribution is 2.21. The lowest BCUT2D eigenvalue weighted by Gasteiger charge is -2.34. The van der Waals surface area contributed by atoms with Crippen LogP contribution in [-0.4, -0.2) is 59.5 Å². The van der Waals surface area contributed by atoms with Crippen LogP contribution in [0.5, 0.6) is 0 Å². The molecular weight excluding hydrogens is 388 g/mol. The van der Waals surface area contributed by atoms with Gasteiger partial charge in [0.25, 0.3) is 0 Å². The molecular formula is C21H30N4O3S. The second-order valence-electron chi connectivity index (χ2n) is 7.96. The molecule has 1 aliphatic rings. The van der Waals surface area contributed by atoms with Crippen LogP contribution in [0.4, 0.5) is 0 Å². The molecule has 1 aliphatic heterocycles. The molecule has 0 spiro atoms. The number of carbonyl (C=O) groups is 1. The Hall–Kier alpha value is -2.19. The lowest BCUT2D eigenvalue weighted by Crippen LogP contribution is -2.50. The number of nitrogens with zero attached hydrogens (tertiary/aromatic N) is 4. The Labute approximate surface area is 173 Å². The molecule has 1 aromatic carbocycles. The smallest absolute Gasteiger partial charge is 0.243 e. The summed E-state index contributed by atoms with van der Waals surface area (Å²) in [5.41, 5.74) is 3.99. The number of hydrogen-bond acceptors (Lipinski definition) is 4. The maximum Gasteiger partial charge on any atom is 0.243 e. The quantitative estimate of drug-likeness (QED) is 0.748. The SMILES string of the molecule is Cc1cc(C)n([C@@H](C)CC(=O)N2CCN(S(=O)(=O)c3ccc(C)c(C)c3)CC2)n1. The van der Waals surface area contributed by atoms with Crippen molar-refractivity contribution in [2.45, 2.75) is 52.0 Å². The molecule has 3 rings (SSSR count). The Morgan fingerprint density at radius 2 is 1.69 bits per heavy atom. The maximum atomic E-state index is 12.9. The molecule has 7 nitrogen and oxygen atoms in total. The van der Waals surface area contributed by atoms with Crippen molar-refractivity contribution in [2.75, 3.05) is 26.2 Å². The molecule has 29 heavy (non-hydrogen) atoms. The van der Waals surface area contributed by atoms with Gasteiger partial charge in [-0.15, -0.1) is 0 Å². The number of carbonyl (C=O) groups excluding carboxylic acids is 1. The first-order valence-corrected chi connectivity index (χ1v) is 11.4. The van der Waals surface area contributed by atoms with Gasteiger partial charge in [-0.2, -0.15) is 9.40 Å². The molecule has 1 atom stereocenters. The van der Waals surface area contributed by atoms with Crippen molar-refractivity contribution in [3.63, 3.8) is 0 Å². The van der Waals surface area contributed by atoms with E-state index in [1.165, 1.54) is 4.31 Å². The number of amides is 1. The molecule has 1 saturated heterocycles. The van der Waals surface area contributed by atoms with Crippen LogP contribution in [0, 0.1) is 27.7 Å². The van der Waals surface area contributed by atoms with E-state index in [1.807, 2.05) is 51.4 Å². The van der Waals surface area contributed by atoms with Crippen molar-refractivity contribution in [3.05, 3.63) is 46.8 Å². The molecule has 8 heteroatoms. The fourth-order valence-corrected chi connectivity index (χ4v) is 5.27. The lowest BCUT2D eigenvalue weighted by atomic mass is 10.1. The number of rotatable bonds is 5. The van der Waals surface area contributed by atoms with Crippen molar-refractivity contribution < 1.29 is 13.2 Å². The fraction of sp³-hybridized carbons (Fsp3) is 0.524. The monoisotopic (exact) mass is 418 g/mol. The Bertz CT molecular complexity index is 1000. The van der Waals surface area contributed by atoms with Gasteiger partial charge >= 0.3 is 0 Å². The molecule has 0 saturated carbocycles. The van der Waals surface area contributed by atoms with E-state index in [0.29, 0.717) is 37.5 Å². The average molecular weight is 419 g/mol. The Morgan fingerprint density at radius 3 is 2.24 bits per heavy atom. The molecule has 2 aromatic rings. The van der Waals surface area contributed by atoms with Gasteiger partial charge in [-0.1, -0.05) is 6.07 Å². The van der Waals surface area contributed by atoms with Gasteiger partial charge in [0, 0.05) is 38.3 Å². The van der Waals surface area contributed by atoms with Crippen LogP contribution in [-0.2, 0) is 14.8 Å². The van der Waals surface area contributed by atoms with E-state index < -0.39 is 10.0 Å². The molecule has 1 amide bonds. The van der Waals surface area contributed by atoms with Gasteiger partial charge in [-0.05, 0) is 63.9 Å². The minimum atomic E-state index is -3.54. The predicted molar refractivity (Wildman–Crippen MR) is 112 cm³/mol.